The fraction of sp³-hybridized carbons (Fsp3) is 0.727. The Kier molecular flexibility index (Phi) is 6.31. The van der Waals surface area contributed by atoms with Crippen LogP contribution in [0, 0.1) is 0 Å². The molecule has 1 rings (SSSR count). The van der Waals surface area contributed by atoms with Gasteiger partial charge in [0.25, 0.3) is 0 Å². The van der Waals surface area contributed by atoms with Crippen LogP contribution in [0.3, 0.4) is 0 Å². The summed E-state index contributed by atoms with van der Waals surface area (Å²) in [6, 6.07) is 0. The highest BCUT2D eigenvalue weighted by Crippen LogP contribution is 2.04. The van der Waals surface area contributed by atoms with Crippen LogP contribution in [0.1, 0.15) is 19.3 Å². The highest BCUT2D eigenvalue weighted by atomic mass is 32.2. The van der Waals surface area contributed by atoms with Gasteiger partial charge >= 0.3 is 5.97 Å². The molecule has 0 saturated heterocycles. The van der Waals surface area contributed by atoms with E-state index in [1.807, 2.05) is 6.08 Å². The van der Waals surface area contributed by atoms with Crippen molar-refractivity contribution in [2.75, 3.05) is 32.5 Å². The zero-order chi connectivity index (χ0) is 13.4. The van der Waals surface area contributed by atoms with Crippen LogP contribution in [0.2, 0.25) is 0 Å². The molecule has 0 amide bonds. The van der Waals surface area contributed by atoms with Crippen LogP contribution in [0.25, 0.3) is 0 Å². The van der Waals surface area contributed by atoms with E-state index in [9.17, 15) is 13.2 Å². The smallest absolute Gasteiger partial charge is 0.305 e. The van der Waals surface area contributed by atoms with Gasteiger partial charge in [0.15, 0.2) is 0 Å². The van der Waals surface area contributed by atoms with E-state index in [0.717, 1.165) is 25.1 Å². The number of methoxy groups -OCH3 is 1. The lowest BCUT2D eigenvalue weighted by molar-refractivity contribution is -0.140. The maximum Gasteiger partial charge on any atom is 0.305 e. The Morgan fingerprint density at radius 3 is 2.94 bits per heavy atom. The molecular formula is C11H20N2O4S. The van der Waals surface area contributed by atoms with Gasteiger partial charge in [-0.2, -0.15) is 0 Å². The zero-order valence-corrected chi connectivity index (χ0v) is 11.4. The number of hydrogen-bond donors (Lipinski definition) is 2. The first kappa shape index (κ1) is 15.1. The van der Waals surface area contributed by atoms with Gasteiger partial charge in [0.05, 0.1) is 12.9 Å². The lowest BCUT2D eigenvalue weighted by atomic mass is 10.1. The third-order valence-corrected chi connectivity index (χ3v) is 4.11. The van der Waals surface area contributed by atoms with Crippen LogP contribution >= 0.6 is 0 Å². The molecule has 0 fully saturated rings. The maximum atomic E-state index is 11.6. The first-order valence-corrected chi connectivity index (χ1v) is 7.61. The second kappa shape index (κ2) is 7.50. The zero-order valence-electron chi connectivity index (χ0n) is 10.6. The van der Waals surface area contributed by atoms with Gasteiger partial charge in [-0.25, -0.2) is 13.1 Å². The molecule has 0 atom stereocenters. The predicted molar refractivity (Wildman–Crippen MR) is 68.6 cm³/mol. The first-order chi connectivity index (χ1) is 8.53. The average molecular weight is 276 g/mol. The normalized spacial score (nSPS) is 16.2. The molecule has 7 heteroatoms. The monoisotopic (exact) mass is 276 g/mol. The third-order valence-electron chi connectivity index (χ3n) is 2.70. The van der Waals surface area contributed by atoms with Crippen molar-refractivity contribution in [3.8, 4) is 0 Å². The summed E-state index contributed by atoms with van der Waals surface area (Å²) in [5.74, 6) is -0.431. The number of carbonyl (C=O) groups excluding carboxylic acids is 1. The minimum absolute atomic E-state index is 0.0480. The largest absolute Gasteiger partial charge is 0.469 e. The summed E-state index contributed by atoms with van der Waals surface area (Å²) in [4.78, 5) is 10.8. The Labute approximate surface area is 108 Å². The Morgan fingerprint density at radius 2 is 2.33 bits per heavy atom. The molecule has 0 saturated carbocycles. The Bertz CT molecular complexity index is 403. The molecule has 2 N–H and O–H groups in total. The van der Waals surface area contributed by atoms with Gasteiger partial charge in [-0.3, -0.25) is 4.79 Å². The van der Waals surface area contributed by atoms with E-state index in [1.54, 1.807) is 0 Å². The average Bonchev–Trinajstić information content (AvgIpc) is 2.37. The van der Waals surface area contributed by atoms with Crippen LogP contribution < -0.4 is 10.0 Å². The van der Waals surface area contributed by atoms with E-state index >= 15 is 0 Å². The summed E-state index contributed by atoms with van der Waals surface area (Å²) in [7, 11) is -2.01. The van der Waals surface area contributed by atoms with Crippen LogP contribution in [0.4, 0.5) is 0 Å². The standard InChI is InChI=1S/C11H20N2O4S/c1-17-11(14)3-2-8-18(15,16)13-9-10-4-6-12-7-5-10/h4,12-13H,2-3,5-9H2,1H3. The summed E-state index contributed by atoms with van der Waals surface area (Å²) in [5, 5.41) is 3.16. The van der Waals surface area contributed by atoms with E-state index < -0.39 is 10.0 Å². The van der Waals surface area contributed by atoms with Crippen molar-refractivity contribution in [1.82, 2.24) is 10.0 Å². The lowest BCUT2D eigenvalue weighted by Crippen LogP contribution is -2.31. The van der Waals surface area contributed by atoms with Crippen LogP contribution in [-0.4, -0.2) is 46.9 Å². The third kappa shape index (κ3) is 6.13. The Hall–Kier alpha value is -0.920. The molecule has 0 unspecified atom stereocenters. The van der Waals surface area contributed by atoms with Crippen molar-refractivity contribution in [3.63, 3.8) is 0 Å². The number of nitrogens with one attached hydrogen (secondary N) is 2. The maximum absolute atomic E-state index is 11.6. The van der Waals surface area contributed by atoms with Gasteiger partial charge in [0, 0.05) is 19.5 Å². The molecule has 1 aliphatic heterocycles. The molecule has 0 radical (unpaired) electrons. The molecule has 0 spiro atoms. The van der Waals surface area contributed by atoms with E-state index in [4.69, 9.17) is 0 Å². The summed E-state index contributed by atoms with van der Waals surface area (Å²) in [5.41, 5.74) is 1.10. The number of esters is 1. The molecule has 1 heterocycles. The van der Waals surface area contributed by atoms with Gasteiger partial charge < -0.3 is 10.1 Å². The van der Waals surface area contributed by atoms with E-state index in [-0.39, 0.29) is 24.6 Å². The van der Waals surface area contributed by atoms with Crippen LogP contribution in [0.5, 0.6) is 0 Å². The van der Waals surface area contributed by atoms with Crippen molar-refractivity contribution >= 4 is 16.0 Å². The number of carbonyl (C=O) groups is 1. The lowest BCUT2D eigenvalue weighted by Gasteiger charge is -2.14. The molecule has 0 aromatic rings. The fourth-order valence-corrected chi connectivity index (χ4v) is 2.69. The van der Waals surface area contributed by atoms with Gasteiger partial charge in [0.2, 0.25) is 10.0 Å². The van der Waals surface area contributed by atoms with Gasteiger partial charge in [-0.1, -0.05) is 11.6 Å². The minimum atomic E-state index is -3.30. The van der Waals surface area contributed by atoms with E-state index in [2.05, 4.69) is 14.8 Å². The SMILES string of the molecule is COC(=O)CCCS(=O)(=O)NCC1=CCNCC1. The van der Waals surface area contributed by atoms with Crippen molar-refractivity contribution in [1.29, 1.82) is 0 Å². The van der Waals surface area contributed by atoms with Crippen molar-refractivity contribution in [3.05, 3.63) is 11.6 Å². The topological polar surface area (TPSA) is 84.5 Å². The first-order valence-electron chi connectivity index (χ1n) is 5.96. The predicted octanol–water partition coefficient (Wildman–Crippen LogP) is -0.221. The molecule has 0 aromatic heterocycles. The van der Waals surface area contributed by atoms with E-state index in [0.29, 0.717) is 6.54 Å². The molecule has 6 nitrogen and oxygen atoms in total. The van der Waals surface area contributed by atoms with Crippen molar-refractivity contribution < 1.29 is 17.9 Å². The van der Waals surface area contributed by atoms with Gasteiger partial charge in [-0.05, 0) is 19.4 Å². The van der Waals surface area contributed by atoms with Crippen molar-refractivity contribution in [2.24, 2.45) is 0 Å². The van der Waals surface area contributed by atoms with Gasteiger partial charge in [0.1, 0.15) is 0 Å². The molecule has 1 aliphatic rings. The molecule has 0 bridgehead atoms. The highest BCUT2D eigenvalue weighted by molar-refractivity contribution is 7.89. The van der Waals surface area contributed by atoms with Crippen LogP contribution in [-0.2, 0) is 19.6 Å². The molecule has 104 valence electrons. The summed E-state index contributed by atoms with van der Waals surface area (Å²) in [6.07, 6.45) is 3.28. The number of ether oxygens (including phenoxy) is 1. The minimum Gasteiger partial charge on any atom is -0.469 e. The van der Waals surface area contributed by atoms with Crippen molar-refractivity contribution in [2.45, 2.75) is 19.3 Å². The number of hydrogen-bond acceptors (Lipinski definition) is 5. The van der Waals surface area contributed by atoms with E-state index in [1.165, 1.54) is 7.11 Å². The quantitative estimate of drug-likeness (QED) is 0.496. The van der Waals surface area contributed by atoms with Gasteiger partial charge in [-0.15, -0.1) is 0 Å². The molecule has 18 heavy (non-hydrogen) atoms. The second-order valence-corrected chi connectivity index (χ2v) is 6.06. The fourth-order valence-electron chi connectivity index (χ4n) is 1.61. The molecule has 0 aromatic carbocycles. The van der Waals surface area contributed by atoms with Crippen LogP contribution in [0.15, 0.2) is 11.6 Å². The molecular weight excluding hydrogens is 256 g/mol. The summed E-state index contributed by atoms with van der Waals surface area (Å²) < 4.78 is 30.3. The highest BCUT2D eigenvalue weighted by Gasteiger charge is 2.12. The molecule has 0 aliphatic carbocycles. The Balaban J connectivity index is 2.26. The summed E-state index contributed by atoms with van der Waals surface area (Å²) >= 11 is 0. The second-order valence-electron chi connectivity index (χ2n) is 4.14. The number of rotatable bonds is 7. The Morgan fingerprint density at radius 1 is 1.56 bits per heavy atom. The summed E-state index contributed by atoms with van der Waals surface area (Å²) in [6.45, 7) is 2.04. The number of sulfonamides is 1.